The fraction of sp³-hybridized carbons (Fsp3) is 0.769. The number of rotatable bonds is 5. The highest BCUT2D eigenvalue weighted by molar-refractivity contribution is 5.11. The van der Waals surface area contributed by atoms with Crippen molar-refractivity contribution < 1.29 is 10.2 Å². The van der Waals surface area contributed by atoms with Crippen LogP contribution >= 0.6 is 0 Å². The maximum Gasteiger partial charge on any atom is 0.102 e. The molecule has 1 aliphatic carbocycles. The summed E-state index contributed by atoms with van der Waals surface area (Å²) in [7, 11) is 0. The summed E-state index contributed by atoms with van der Waals surface area (Å²) in [5, 5.41) is 24.6. The highest BCUT2D eigenvalue weighted by Gasteiger charge is 2.41. The number of nitrogens with zero attached hydrogens (tertiary/aromatic N) is 2. The van der Waals surface area contributed by atoms with E-state index in [4.69, 9.17) is 0 Å². The van der Waals surface area contributed by atoms with Crippen molar-refractivity contribution in [2.24, 2.45) is 0 Å². The molecule has 96 valence electrons. The molecule has 1 fully saturated rings. The molecule has 4 heteroatoms. The van der Waals surface area contributed by atoms with Gasteiger partial charge >= 0.3 is 0 Å². The van der Waals surface area contributed by atoms with E-state index in [-0.39, 0.29) is 0 Å². The molecule has 1 saturated carbocycles. The molecule has 1 atom stereocenters. The lowest BCUT2D eigenvalue weighted by atomic mass is 9.76. The van der Waals surface area contributed by atoms with Gasteiger partial charge in [-0.3, -0.25) is 4.68 Å². The van der Waals surface area contributed by atoms with E-state index in [2.05, 4.69) is 25.0 Å². The maximum atomic E-state index is 10.1. The summed E-state index contributed by atoms with van der Waals surface area (Å²) in [4.78, 5) is 0. The van der Waals surface area contributed by atoms with Crippen LogP contribution in [-0.4, -0.2) is 31.7 Å². The van der Waals surface area contributed by atoms with Crippen molar-refractivity contribution >= 4 is 0 Å². The summed E-state index contributed by atoms with van der Waals surface area (Å²) >= 11 is 0. The molecule has 1 aromatic rings. The molecule has 17 heavy (non-hydrogen) atoms. The van der Waals surface area contributed by atoms with Gasteiger partial charge in [-0.25, -0.2) is 0 Å². The number of hydrogen-bond acceptors (Lipinski definition) is 3. The number of hydrogen-bond donors (Lipinski definition) is 2. The van der Waals surface area contributed by atoms with E-state index in [1.807, 2.05) is 4.68 Å². The largest absolute Gasteiger partial charge is 0.388 e. The van der Waals surface area contributed by atoms with Gasteiger partial charge in [-0.05, 0) is 38.2 Å². The SMILES string of the molecule is CCc1cc(CC)n(CC(O)C2(O)CCC2)n1. The van der Waals surface area contributed by atoms with Crippen LogP contribution in [0.25, 0.3) is 0 Å². The predicted octanol–water partition coefficient (Wildman–Crippen LogP) is 1.28. The Morgan fingerprint density at radius 3 is 2.59 bits per heavy atom. The average molecular weight is 238 g/mol. The van der Waals surface area contributed by atoms with E-state index in [0.29, 0.717) is 19.4 Å². The van der Waals surface area contributed by atoms with Crippen LogP contribution in [0.3, 0.4) is 0 Å². The number of aryl methyl sites for hydroxylation is 2. The van der Waals surface area contributed by atoms with Crippen molar-refractivity contribution in [3.05, 3.63) is 17.5 Å². The van der Waals surface area contributed by atoms with Crippen LogP contribution in [0, 0.1) is 0 Å². The second-order valence-corrected chi connectivity index (χ2v) is 4.99. The normalized spacial score (nSPS) is 20.0. The highest BCUT2D eigenvalue weighted by atomic mass is 16.3. The molecule has 1 unspecified atom stereocenters. The Hall–Kier alpha value is -0.870. The molecule has 1 heterocycles. The van der Waals surface area contributed by atoms with Crippen molar-refractivity contribution in [3.8, 4) is 0 Å². The first-order valence-corrected chi connectivity index (χ1v) is 6.55. The molecule has 0 saturated heterocycles. The summed E-state index contributed by atoms with van der Waals surface area (Å²) in [5.41, 5.74) is 1.31. The Morgan fingerprint density at radius 1 is 1.41 bits per heavy atom. The van der Waals surface area contributed by atoms with Crippen LogP contribution in [-0.2, 0) is 19.4 Å². The molecule has 0 spiro atoms. The second kappa shape index (κ2) is 4.78. The Morgan fingerprint density at radius 2 is 2.12 bits per heavy atom. The van der Waals surface area contributed by atoms with Crippen molar-refractivity contribution in [1.82, 2.24) is 9.78 Å². The molecular weight excluding hydrogens is 216 g/mol. The van der Waals surface area contributed by atoms with E-state index < -0.39 is 11.7 Å². The fourth-order valence-corrected chi connectivity index (χ4v) is 2.34. The third-order valence-corrected chi connectivity index (χ3v) is 3.82. The van der Waals surface area contributed by atoms with Crippen LogP contribution in [0.15, 0.2) is 6.07 Å². The lowest BCUT2D eigenvalue weighted by Gasteiger charge is -2.40. The van der Waals surface area contributed by atoms with Crippen LogP contribution in [0.5, 0.6) is 0 Å². The smallest absolute Gasteiger partial charge is 0.102 e. The molecule has 1 aliphatic rings. The lowest BCUT2D eigenvalue weighted by Crippen LogP contribution is -2.50. The van der Waals surface area contributed by atoms with Crippen LogP contribution in [0.4, 0.5) is 0 Å². The Bertz CT molecular complexity index is 383. The highest BCUT2D eigenvalue weighted by Crippen LogP contribution is 2.35. The van der Waals surface area contributed by atoms with Gasteiger partial charge in [0.2, 0.25) is 0 Å². The zero-order chi connectivity index (χ0) is 12.5. The number of aliphatic hydroxyl groups is 2. The Kier molecular flexibility index (Phi) is 3.54. The molecule has 0 radical (unpaired) electrons. The summed E-state index contributed by atoms with van der Waals surface area (Å²) in [6.07, 6.45) is 3.52. The number of aliphatic hydroxyl groups excluding tert-OH is 1. The fourth-order valence-electron chi connectivity index (χ4n) is 2.34. The van der Waals surface area contributed by atoms with Gasteiger partial charge in [0.25, 0.3) is 0 Å². The van der Waals surface area contributed by atoms with Gasteiger partial charge in [0.05, 0.1) is 17.8 Å². The van der Waals surface area contributed by atoms with Crippen molar-refractivity contribution in [1.29, 1.82) is 0 Å². The summed E-state index contributed by atoms with van der Waals surface area (Å²) in [6.45, 7) is 4.55. The quantitative estimate of drug-likeness (QED) is 0.812. The molecule has 0 aromatic carbocycles. The van der Waals surface area contributed by atoms with E-state index in [0.717, 1.165) is 30.7 Å². The maximum absolute atomic E-state index is 10.1. The predicted molar refractivity (Wildman–Crippen MR) is 65.8 cm³/mol. The van der Waals surface area contributed by atoms with Gasteiger partial charge in [0.1, 0.15) is 6.10 Å². The van der Waals surface area contributed by atoms with Crippen LogP contribution < -0.4 is 0 Å². The topological polar surface area (TPSA) is 58.3 Å². The number of aromatic nitrogens is 2. The van der Waals surface area contributed by atoms with Gasteiger partial charge < -0.3 is 10.2 Å². The Labute approximate surface area is 102 Å². The third kappa shape index (κ3) is 2.38. The molecule has 0 aliphatic heterocycles. The van der Waals surface area contributed by atoms with E-state index in [9.17, 15) is 10.2 Å². The van der Waals surface area contributed by atoms with Crippen molar-refractivity contribution in [3.63, 3.8) is 0 Å². The molecule has 0 bridgehead atoms. The molecule has 1 aromatic heterocycles. The zero-order valence-corrected chi connectivity index (χ0v) is 10.7. The first-order chi connectivity index (χ1) is 8.09. The van der Waals surface area contributed by atoms with Crippen LogP contribution in [0.1, 0.15) is 44.5 Å². The van der Waals surface area contributed by atoms with Crippen LogP contribution in [0.2, 0.25) is 0 Å². The minimum absolute atomic E-state index is 0.402. The first-order valence-electron chi connectivity index (χ1n) is 6.55. The van der Waals surface area contributed by atoms with Gasteiger partial charge in [0.15, 0.2) is 0 Å². The van der Waals surface area contributed by atoms with E-state index in [1.54, 1.807) is 0 Å². The summed E-state index contributed by atoms with van der Waals surface area (Å²) < 4.78 is 1.85. The lowest BCUT2D eigenvalue weighted by molar-refractivity contribution is -0.131. The second-order valence-electron chi connectivity index (χ2n) is 4.99. The summed E-state index contributed by atoms with van der Waals surface area (Å²) in [5.74, 6) is 0. The molecule has 2 N–H and O–H groups in total. The zero-order valence-electron chi connectivity index (χ0n) is 10.7. The minimum Gasteiger partial charge on any atom is -0.388 e. The molecule has 0 amide bonds. The minimum atomic E-state index is -0.872. The Balaban J connectivity index is 2.09. The van der Waals surface area contributed by atoms with Crippen molar-refractivity contribution in [2.45, 2.75) is 64.2 Å². The van der Waals surface area contributed by atoms with Gasteiger partial charge in [-0.1, -0.05) is 13.8 Å². The van der Waals surface area contributed by atoms with E-state index in [1.165, 1.54) is 0 Å². The summed E-state index contributed by atoms with van der Waals surface area (Å²) in [6, 6.07) is 2.08. The molecule has 4 nitrogen and oxygen atoms in total. The molecular formula is C13H22N2O2. The van der Waals surface area contributed by atoms with E-state index >= 15 is 0 Å². The average Bonchev–Trinajstić information content (AvgIpc) is 2.68. The third-order valence-electron chi connectivity index (χ3n) is 3.82. The van der Waals surface area contributed by atoms with Gasteiger partial charge in [-0.15, -0.1) is 0 Å². The van der Waals surface area contributed by atoms with Crippen molar-refractivity contribution in [2.75, 3.05) is 0 Å². The van der Waals surface area contributed by atoms with Gasteiger partial charge in [-0.2, -0.15) is 5.10 Å². The standard InChI is InChI=1S/C13H22N2O2/c1-3-10-8-11(4-2)15(14-10)9-12(16)13(17)6-5-7-13/h8,12,16-17H,3-7,9H2,1-2H3. The van der Waals surface area contributed by atoms with Gasteiger partial charge in [0, 0.05) is 5.69 Å². The monoisotopic (exact) mass is 238 g/mol. The first kappa shape index (κ1) is 12.6. The molecule has 2 rings (SSSR count).